The lowest BCUT2D eigenvalue weighted by Crippen LogP contribution is -2.49. The van der Waals surface area contributed by atoms with E-state index in [1.54, 1.807) is 6.20 Å². The highest BCUT2D eigenvalue weighted by molar-refractivity contribution is 5.95. The molecule has 2 aliphatic heterocycles. The summed E-state index contributed by atoms with van der Waals surface area (Å²) in [5.41, 5.74) is 3.79. The second-order valence-corrected chi connectivity index (χ2v) is 10.2. The fourth-order valence-corrected chi connectivity index (χ4v) is 5.76. The molecule has 7 nitrogen and oxygen atoms in total. The molecule has 2 aliphatic rings. The summed E-state index contributed by atoms with van der Waals surface area (Å²) < 4.78 is 8.65. The van der Waals surface area contributed by atoms with Gasteiger partial charge in [-0.25, -0.2) is 0 Å². The van der Waals surface area contributed by atoms with Gasteiger partial charge in [0.15, 0.2) is 0 Å². The molecule has 4 heterocycles. The Morgan fingerprint density at radius 1 is 1.06 bits per heavy atom. The van der Waals surface area contributed by atoms with Gasteiger partial charge in [-0.05, 0) is 55.6 Å². The van der Waals surface area contributed by atoms with E-state index in [9.17, 15) is 5.26 Å². The quantitative estimate of drug-likeness (QED) is 0.473. The van der Waals surface area contributed by atoms with Gasteiger partial charge >= 0.3 is 0 Å². The molecular weight excluding hydrogens is 448 g/mol. The second-order valence-electron chi connectivity index (χ2n) is 10.2. The molecule has 2 aromatic carbocycles. The second kappa shape index (κ2) is 9.45. The molecule has 2 saturated heterocycles. The van der Waals surface area contributed by atoms with Gasteiger partial charge in [-0.15, -0.1) is 0 Å². The van der Waals surface area contributed by atoms with Gasteiger partial charge in [-0.2, -0.15) is 5.26 Å². The molecule has 0 bridgehead atoms. The van der Waals surface area contributed by atoms with E-state index >= 15 is 0 Å². The Bertz CT molecular complexity index is 1440. The molecule has 1 N–H and O–H groups in total. The Labute approximate surface area is 211 Å². The predicted molar refractivity (Wildman–Crippen MR) is 145 cm³/mol. The lowest BCUT2D eigenvalue weighted by molar-refractivity contribution is -0.0238. The summed E-state index contributed by atoms with van der Waals surface area (Å²) in [5, 5.41) is 16.6. The number of nitrogens with zero attached hydrogens (tertiary/aromatic N) is 5. The summed E-state index contributed by atoms with van der Waals surface area (Å²) in [6.07, 6.45) is 6.40. The van der Waals surface area contributed by atoms with E-state index in [-0.39, 0.29) is 12.2 Å². The SMILES string of the molecule is C[C@@H]1CN(c2ccc(C#N)c3ncccc23)C[C@H](Cn2cc3ccc(N4CCN[C@@H](C)C4)cc3c2)O1. The van der Waals surface area contributed by atoms with Crippen LogP contribution < -0.4 is 15.1 Å². The third-order valence-corrected chi connectivity index (χ3v) is 7.36. The molecule has 0 saturated carbocycles. The molecule has 4 aromatic rings. The van der Waals surface area contributed by atoms with Gasteiger partial charge in [-0.3, -0.25) is 4.98 Å². The summed E-state index contributed by atoms with van der Waals surface area (Å²) in [5.74, 6) is 0. The fraction of sp³-hybridized carbons (Fsp3) is 0.379. The van der Waals surface area contributed by atoms with Crippen LogP contribution in [-0.4, -0.2) is 60.5 Å². The van der Waals surface area contributed by atoms with Crippen molar-refractivity contribution in [3.05, 3.63) is 66.6 Å². The molecule has 184 valence electrons. The normalized spacial score (nSPS) is 22.8. The van der Waals surface area contributed by atoms with E-state index in [4.69, 9.17) is 4.74 Å². The van der Waals surface area contributed by atoms with E-state index in [0.29, 0.717) is 11.6 Å². The van der Waals surface area contributed by atoms with Gasteiger partial charge in [0.1, 0.15) is 6.07 Å². The summed E-state index contributed by atoms with van der Waals surface area (Å²) in [6.45, 7) is 9.88. The van der Waals surface area contributed by atoms with Gasteiger partial charge in [-0.1, -0.05) is 6.07 Å². The smallest absolute Gasteiger partial charge is 0.101 e. The van der Waals surface area contributed by atoms with Crippen LogP contribution in [0.4, 0.5) is 11.4 Å². The Balaban J connectivity index is 1.23. The topological polar surface area (TPSA) is 69.4 Å². The van der Waals surface area contributed by atoms with Crippen molar-refractivity contribution in [1.29, 1.82) is 5.26 Å². The predicted octanol–water partition coefficient (Wildman–Crippen LogP) is 4.15. The number of anilines is 2. The number of piperazine rings is 1. The molecular formula is C29H32N6O. The number of nitriles is 1. The van der Waals surface area contributed by atoms with Gasteiger partial charge < -0.3 is 24.4 Å². The number of morpholine rings is 1. The zero-order valence-corrected chi connectivity index (χ0v) is 20.9. The van der Waals surface area contributed by atoms with Crippen LogP contribution in [0.5, 0.6) is 0 Å². The highest BCUT2D eigenvalue weighted by Gasteiger charge is 2.27. The van der Waals surface area contributed by atoms with E-state index in [1.165, 1.54) is 16.5 Å². The van der Waals surface area contributed by atoms with Gasteiger partial charge in [0.05, 0.1) is 29.8 Å². The van der Waals surface area contributed by atoms with Crippen LogP contribution in [-0.2, 0) is 11.3 Å². The van der Waals surface area contributed by atoms with Crippen molar-refractivity contribution in [1.82, 2.24) is 14.9 Å². The lowest BCUT2D eigenvalue weighted by Gasteiger charge is -2.39. The maximum Gasteiger partial charge on any atom is 0.101 e. The standard InChI is InChI=1S/C29H32N6O/c1-20-14-34(11-10-31-20)25-7-5-23-16-33(17-24(23)12-25)18-26-19-35(15-21(2)36-26)28-8-6-22(13-30)29-27(28)4-3-9-32-29/h3-9,12,16-17,20-21,26,31H,10-11,14-15,18-19H2,1-2H3/t20-,21+,26-/m0/s1. The van der Waals surface area contributed by atoms with Crippen molar-refractivity contribution in [3.8, 4) is 6.07 Å². The van der Waals surface area contributed by atoms with Crippen LogP contribution in [0.15, 0.2) is 61.1 Å². The van der Waals surface area contributed by atoms with Crippen molar-refractivity contribution >= 4 is 33.1 Å². The molecule has 0 spiro atoms. The molecule has 0 radical (unpaired) electrons. The van der Waals surface area contributed by atoms with Gasteiger partial charge in [0, 0.05) is 79.5 Å². The number of hydrogen-bond donors (Lipinski definition) is 1. The highest BCUT2D eigenvalue weighted by atomic mass is 16.5. The molecule has 36 heavy (non-hydrogen) atoms. The summed E-state index contributed by atoms with van der Waals surface area (Å²) in [6, 6.07) is 17.5. The van der Waals surface area contributed by atoms with Crippen LogP contribution in [0.1, 0.15) is 19.4 Å². The molecule has 0 aliphatic carbocycles. The maximum absolute atomic E-state index is 9.52. The highest BCUT2D eigenvalue weighted by Crippen LogP contribution is 2.31. The molecule has 2 fully saturated rings. The summed E-state index contributed by atoms with van der Waals surface area (Å²) in [4.78, 5) is 9.35. The zero-order chi connectivity index (χ0) is 24.6. The average molecular weight is 481 g/mol. The molecule has 0 amide bonds. The number of ether oxygens (including phenoxy) is 1. The third-order valence-electron chi connectivity index (χ3n) is 7.36. The largest absolute Gasteiger partial charge is 0.370 e. The van der Waals surface area contributed by atoms with E-state index in [0.717, 1.165) is 55.9 Å². The fourth-order valence-electron chi connectivity index (χ4n) is 5.76. The van der Waals surface area contributed by atoms with Crippen molar-refractivity contribution in [3.63, 3.8) is 0 Å². The Morgan fingerprint density at radius 3 is 2.81 bits per heavy atom. The third kappa shape index (κ3) is 4.39. The Kier molecular flexibility index (Phi) is 6.00. The number of aromatic nitrogens is 2. The monoisotopic (exact) mass is 480 g/mol. The van der Waals surface area contributed by atoms with Gasteiger partial charge in [0.25, 0.3) is 0 Å². The number of rotatable bonds is 4. The number of benzene rings is 2. The first kappa shape index (κ1) is 22.8. The summed E-state index contributed by atoms with van der Waals surface area (Å²) >= 11 is 0. The first-order valence-electron chi connectivity index (χ1n) is 12.8. The van der Waals surface area contributed by atoms with Crippen molar-refractivity contribution in [2.45, 2.75) is 38.6 Å². The zero-order valence-electron chi connectivity index (χ0n) is 20.9. The number of nitrogens with one attached hydrogen (secondary N) is 1. The molecule has 0 unspecified atom stereocenters. The van der Waals surface area contributed by atoms with Crippen LogP contribution in [0.3, 0.4) is 0 Å². The molecule has 3 atom stereocenters. The molecule has 7 heteroatoms. The first-order chi connectivity index (χ1) is 17.6. The molecule has 2 aromatic heterocycles. The van der Waals surface area contributed by atoms with E-state index < -0.39 is 0 Å². The van der Waals surface area contributed by atoms with Crippen LogP contribution in [0.2, 0.25) is 0 Å². The minimum Gasteiger partial charge on any atom is -0.370 e. The van der Waals surface area contributed by atoms with Crippen LogP contribution in [0.25, 0.3) is 21.7 Å². The lowest BCUT2D eigenvalue weighted by atomic mass is 10.1. The van der Waals surface area contributed by atoms with Crippen molar-refractivity contribution in [2.75, 3.05) is 42.5 Å². The minimum absolute atomic E-state index is 0.0615. The summed E-state index contributed by atoms with van der Waals surface area (Å²) in [7, 11) is 0. The average Bonchev–Trinajstić information content (AvgIpc) is 3.29. The van der Waals surface area contributed by atoms with E-state index in [2.05, 4.69) is 87.3 Å². The van der Waals surface area contributed by atoms with Crippen LogP contribution in [0, 0.1) is 11.3 Å². The Hall–Kier alpha value is -3.60. The number of pyridine rings is 1. The number of hydrogen-bond acceptors (Lipinski definition) is 6. The molecule has 6 rings (SSSR count). The maximum atomic E-state index is 9.52. The minimum atomic E-state index is 0.0615. The van der Waals surface area contributed by atoms with Crippen molar-refractivity contribution in [2.24, 2.45) is 0 Å². The number of fused-ring (bicyclic) bond motifs is 2. The van der Waals surface area contributed by atoms with E-state index in [1.807, 2.05) is 12.1 Å². The van der Waals surface area contributed by atoms with Crippen LogP contribution >= 0.6 is 0 Å². The Morgan fingerprint density at radius 2 is 1.94 bits per heavy atom. The van der Waals surface area contributed by atoms with Gasteiger partial charge in [0.2, 0.25) is 0 Å². The van der Waals surface area contributed by atoms with Crippen molar-refractivity contribution < 1.29 is 4.74 Å². The first-order valence-corrected chi connectivity index (χ1v) is 12.8.